The summed E-state index contributed by atoms with van der Waals surface area (Å²) >= 11 is 1.75. The van der Waals surface area contributed by atoms with Crippen LogP contribution >= 0.6 is 11.3 Å². The van der Waals surface area contributed by atoms with Crippen molar-refractivity contribution >= 4 is 22.9 Å². The van der Waals surface area contributed by atoms with Crippen molar-refractivity contribution < 1.29 is 4.79 Å². The van der Waals surface area contributed by atoms with Crippen LogP contribution in [0.1, 0.15) is 65.4 Å². The van der Waals surface area contributed by atoms with Gasteiger partial charge in [-0.2, -0.15) is 0 Å². The number of aryl methyl sites for hydroxylation is 1. The molecular weight excluding hydrogens is 290 g/mol. The number of benzene rings is 1. The summed E-state index contributed by atoms with van der Waals surface area (Å²) in [5.41, 5.74) is 4.36. The number of fused-ring (bicyclic) bond motifs is 1. The van der Waals surface area contributed by atoms with Gasteiger partial charge in [0.05, 0.1) is 5.56 Å². The maximum Gasteiger partial charge on any atom is 0.256 e. The molecule has 3 rings (SSSR count). The van der Waals surface area contributed by atoms with E-state index in [-0.39, 0.29) is 5.91 Å². The van der Waals surface area contributed by atoms with Crippen LogP contribution in [0.4, 0.5) is 5.69 Å². The van der Waals surface area contributed by atoms with Crippen molar-refractivity contribution in [3.8, 4) is 0 Å². The van der Waals surface area contributed by atoms with E-state index >= 15 is 0 Å². The van der Waals surface area contributed by atoms with Crippen molar-refractivity contribution in [3.63, 3.8) is 0 Å². The number of carbonyl (C=O) groups excluding carboxylic acids is 1. The van der Waals surface area contributed by atoms with Gasteiger partial charge in [0.15, 0.2) is 0 Å². The average molecular weight is 313 g/mol. The molecule has 3 heteroatoms. The Morgan fingerprint density at radius 3 is 2.86 bits per heavy atom. The molecule has 22 heavy (non-hydrogen) atoms. The van der Waals surface area contributed by atoms with Crippen LogP contribution in [0, 0.1) is 0 Å². The first-order valence-corrected chi connectivity index (χ1v) is 9.08. The van der Waals surface area contributed by atoms with Gasteiger partial charge in [-0.1, -0.05) is 32.0 Å². The lowest BCUT2D eigenvalue weighted by molar-refractivity contribution is 0.102. The van der Waals surface area contributed by atoms with E-state index < -0.39 is 0 Å². The van der Waals surface area contributed by atoms with E-state index in [0.717, 1.165) is 30.5 Å². The van der Waals surface area contributed by atoms with E-state index in [1.165, 1.54) is 28.8 Å². The van der Waals surface area contributed by atoms with E-state index in [1.54, 1.807) is 11.3 Å². The minimum atomic E-state index is 0.0511. The molecule has 0 unspecified atom stereocenters. The predicted octanol–water partition coefficient (Wildman–Crippen LogP) is 5.39. The van der Waals surface area contributed by atoms with Crippen LogP contribution in [0.2, 0.25) is 0 Å². The minimum absolute atomic E-state index is 0.0511. The number of para-hydroxylation sites is 1. The van der Waals surface area contributed by atoms with Gasteiger partial charge in [-0.15, -0.1) is 11.3 Å². The molecule has 1 aromatic carbocycles. The van der Waals surface area contributed by atoms with E-state index in [4.69, 9.17) is 0 Å². The summed E-state index contributed by atoms with van der Waals surface area (Å²) in [6.07, 6.45) is 5.71. The molecule has 0 saturated carbocycles. The van der Waals surface area contributed by atoms with Gasteiger partial charge in [-0.3, -0.25) is 4.79 Å². The normalized spacial score (nSPS) is 15.2. The first-order chi connectivity index (χ1) is 10.7. The SMILES string of the molecule is CC[C@H](C)c1ccccc1NC(=O)c1csc2c1CCCC2. The molecule has 1 aliphatic carbocycles. The number of thiophene rings is 1. The third kappa shape index (κ3) is 2.95. The zero-order chi connectivity index (χ0) is 15.5. The number of rotatable bonds is 4. The molecule has 0 radical (unpaired) electrons. The van der Waals surface area contributed by atoms with Crippen molar-refractivity contribution in [1.29, 1.82) is 0 Å². The second-order valence-electron chi connectivity index (χ2n) is 6.11. The Morgan fingerprint density at radius 1 is 1.27 bits per heavy atom. The third-order valence-corrected chi connectivity index (χ3v) is 5.75. The smallest absolute Gasteiger partial charge is 0.256 e. The highest BCUT2D eigenvalue weighted by atomic mass is 32.1. The third-order valence-electron chi connectivity index (χ3n) is 4.66. The molecule has 1 atom stereocenters. The molecule has 116 valence electrons. The Hall–Kier alpha value is -1.61. The van der Waals surface area contributed by atoms with Gasteiger partial charge in [0.2, 0.25) is 0 Å². The van der Waals surface area contributed by atoms with Crippen LogP contribution in [-0.4, -0.2) is 5.91 Å². The van der Waals surface area contributed by atoms with Crippen LogP contribution in [0.15, 0.2) is 29.6 Å². The number of amides is 1. The molecule has 2 nitrogen and oxygen atoms in total. The van der Waals surface area contributed by atoms with Crippen LogP contribution in [0.5, 0.6) is 0 Å². The fourth-order valence-corrected chi connectivity index (χ4v) is 4.26. The molecule has 1 N–H and O–H groups in total. The summed E-state index contributed by atoms with van der Waals surface area (Å²) in [5, 5.41) is 5.18. The highest BCUT2D eigenvalue weighted by molar-refractivity contribution is 7.10. The summed E-state index contributed by atoms with van der Waals surface area (Å²) in [7, 11) is 0. The van der Waals surface area contributed by atoms with E-state index in [1.807, 2.05) is 23.6 Å². The zero-order valence-corrected chi connectivity index (χ0v) is 14.1. The van der Waals surface area contributed by atoms with Crippen molar-refractivity contribution in [1.82, 2.24) is 0 Å². The van der Waals surface area contributed by atoms with E-state index in [2.05, 4.69) is 25.2 Å². The highest BCUT2D eigenvalue weighted by Gasteiger charge is 2.21. The molecule has 1 heterocycles. The number of carbonyl (C=O) groups is 1. The van der Waals surface area contributed by atoms with Gasteiger partial charge < -0.3 is 5.32 Å². The Kier molecular flexibility index (Phi) is 4.63. The summed E-state index contributed by atoms with van der Waals surface area (Å²) in [4.78, 5) is 14.1. The lowest BCUT2D eigenvalue weighted by Gasteiger charge is -2.16. The fourth-order valence-electron chi connectivity index (χ4n) is 3.13. The van der Waals surface area contributed by atoms with Crippen LogP contribution in [-0.2, 0) is 12.8 Å². The summed E-state index contributed by atoms with van der Waals surface area (Å²) in [5.74, 6) is 0.503. The average Bonchev–Trinajstić information content (AvgIpc) is 2.99. The lowest BCUT2D eigenvalue weighted by Crippen LogP contribution is -2.16. The Labute approximate surface area is 136 Å². The Balaban J connectivity index is 1.85. The van der Waals surface area contributed by atoms with E-state index in [9.17, 15) is 4.79 Å². The lowest BCUT2D eigenvalue weighted by atomic mass is 9.95. The molecule has 0 spiro atoms. The molecule has 0 bridgehead atoms. The van der Waals surface area contributed by atoms with Gasteiger partial charge in [-0.05, 0) is 55.2 Å². The quantitative estimate of drug-likeness (QED) is 0.805. The van der Waals surface area contributed by atoms with Gasteiger partial charge in [0.1, 0.15) is 0 Å². The number of nitrogens with one attached hydrogen (secondary N) is 1. The van der Waals surface area contributed by atoms with Crippen LogP contribution in [0.25, 0.3) is 0 Å². The Bertz CT molecular complexity index is 674. The molecule has 0 fully saturated rings. The second kappa shape index (κ2) is 6.66. The molecular formula is C19H23NOS. The summed E-state index contributed by atoms with van der Waals surface area (Å²) < 4.78 is 0. The molecule has 0 saturated heterocycles. The van der Waals surface area contributed by atoms with Crippen molar-refractivity contribution in [3.05, 3.63) is 51.2 Å². The maximum atomic E-state index is 12.7. The van der Waals surface area contributed by atoms with Crippen molar-refractivity contribution in [2.45, 2.75) is 51.9 Å². The molecule has 0 aliphatic heterocycles. The van der Waals surface area contributed by atoms with Crippen molar-refractivity contribution in [2.24, 2.45) is 0 Å². The fraction of sp³-hybridized carbons (Fsp3) is 0.421. The number of anilines is 1. The predicted molar refractivity (Wildman–Crippen MR) is 94.1 cm³/mol. The topological polar surface area (TPSA) is 29.1 Å². The number of hydrogen-bond donors (Lipinski definition) is 1. The highest BCUT2D eigenvalue weighted by Crippen LogP contribution is 2.32. The van der Waals surface area contributed by atoms with E-state index in [0.29, 0.717) is 5.92 Å². The van der Waals surface area contributed by atoms with Gasteiger partial charge in [0, 0.05) is 15.9 Å². The summed E-state index contributed by atoms with van der Waals surface area (Å²) in [6.45, 7) is 4.38. The molecule has 1 amide bonds. The first kappa shape index (κ1) is 15.3. The zero-order valence-electron chi connectivity index (χ0n) is 13.3. The maximum absolute atomic E-state index is 12.7. The standard InChI is InChI=1S/C19H23NOS/c1-3-13(2)14-8-4-6-10-17(14)20-19(21)16-12-22-18-11-7-5-9-15(16)18/h4,6,8,10,12-13H,3,5,7,9,11H2,1-2H3,(H,20,21)/t13-/m0/s1. The van der Waals surface area contributed by atoms with Crippen LogP contribution in [0.3, 0.4) is 0 Å². The minimum Gasteiger partial charge on any atom is -0.322 e. The molecule has 2 aromatic rings. The molecule has 1 aromatic heterocycles. The molecule has 1 aliphatic rings. The van der Waals surface area contributed by atoms with Crippen molar-refractivity contribution in [2.75, 3.05) is 5.32 Å². The Morgan fingerprint density at radius 2 is 2.05 bits per heavy atom. The van der Waals surface area contributed by atoms with Gasteiger partial charge >= 0.3 is 0 Å². The number of hydrogen-bond acceptors (Lipinski definition) is 2. The largest absolute Gasteiger partial charge is 0.322 e. The van der Waals surface area contributed by atoms with Gasteiger partial charge in [0.25, 0.3) is 5.91 Å². The first-order valence-electron chi connectivity index (χ1n) is 8.20. The monoisotopic (exact) mass is 313 g/mol. The van der Waals surface area contributed by atoms with Crippen LogP contribution < -0.4 is 5.32 Å². The summed E-state index contributed by atoms with van der Waals surface area (Å²) in [6, 6.07) is 8.17. The second-order valence-corrected chi connectivity index (χ2v) is 7.07. The van der Waals surface area contributed by atoms with Gasteiger partial charge in [-0.25, -0.2) is 0 Å².